The zero-order chi connectivity index (χ0) is 30.2. The van der Waals surface area contributed by atoms with E-state index in [4.69, 9.17) is 27.9 Å². The van der Waals surface area contributed by atoms with Crippen LogP contribution < -0.4 is 14.4 Å². The summed E-state index contributed by atoms with van der Waals surface area (Å²) < 4.78 is 34.5. The molecule has 0 unspecified atom stereocenters. The van der Waals surface area contributed by atoms with Crippen LogP contribution in [0.1, 0.15) is 37.8 Å². The molecule has 0 aromatic heterocycles. The summed E-state index contributed by atoms with van der Waals surface area (Å²) in [6.45, 7) is 5.29. The first-order valence-electron chi connectivity index (χ1n) is 13.3. The summed E-state index contributed by atoms with van der Waals surface area (Å²) in [4.78, 5) is 28.7. The molecular formula is C30H35Cl2N3O5S. The third-order valence-corrected chi connectivity index (χ3v) is 9.05. The molecule has 0 aliphatic rings. The number of nitrogens with zero attached hydrogens (tertiary/aromatic N) is 2. The predicted octanol–water partition coefficient (Wildman–Crippen LogP) is 5.84. The first-order chi connectivity index (χ1) is 19.5. The maximum Gasteiger partial charge on any atom is 0.264 e. The van der Waals surface area contributed by atoms with Crippen LogP contribution in [0.4, 0.5) is 5.69 Å². The van der Waals surface area contributed by atoms with Gasteiger partial charge in [0.15, 0.2) is 0 Å². The SMILES string of the molecule is CCCNC(=O)[C@@H](CC)N(Cc1c(Cl)cccc1Cl)C(=O)CN(c1ccccc1OC)S(=O)(=O)c1ccc(C)cc1. The standard InChI is InChI=1S/C30H35Cl2N3O5S/c1-5-18-33-30(37)26(6-2)34(19-23-24(31)10-9-11-25(23)32)29(36)20-35(27-12-7-8-13-28(27)40-4)41(38,39)22-16-14-21(3)15-17-22/h7-17,26H,5-6,18-20H2,1-4H3,(H,33,37)/t26-/m1/s1. The Kier molecular flexibility index (Phi) is 11.5. The molecule has 0 saturated heterocycles. The number of carbonyl (C=O) groups excluding carboxylic acids is 2. The molecule has 3 aromatic carbocycles. The van der Waals surface area contributed by atoms with Crippen molar-refractivity contribution in [2.75, 3.05) is 24.5 Å². The fourth-order valence-corrected chi connectivity index (χ4v) is 6.27. The van der Waals surface area contributed by atoms with Crippen molar-refractivity contribution in [1.82, 2.24) is 10.2 Å². The summed E-state index contributed by atoms with van der Waals surface area (Å²) in [5.74, 6) is -0.693. The van der Waals surface area contributed by atoms with Gasteiger partial charge in [0, 0.05) is 28.7 Å². The average molecular weight is 621 g/mol. The highest BCUT2D eigenvalue weighted by atomic mass is 35.5. The molecule has 8 nitrogen and oxygen atoms in total. The lowest BCUT2D eigenvalue weighted by Gasteiger charge is -2.33. The summed E-state index contributed by atoms with van der Waals surface area (Å²) >= 11 is 12.9. The lowest BCUT2D eigenvalue weighted by Crippen LogP contribution is -2.52. The lowest BCUT2D eigenvalue weighted by molar-refractivity contribution is -0.140. The van der Waals surface area contributed by atoms with Gasteiger partial charge >= 0.3 is 0 Å². The quantitative estimate of drug-likeness (QED) is 0.259. The third kappa shape index (κ3) is 7.72. The molecule has 0 heterocycles. The van der Waals surface area contributed by atoms with E-state index < -0.39 is 28.5 Å². The highest BCUT2D eigenvalue weighted by Crippen LogP contribution is 2.33. The van der Waals surface area contributed by atoms with Crippen molar-refractivity contribution in [3.63, 3.8) is 0 Å². The number of halogens is 2. The normalized spacial score (nSPS) is 12.0. The Morgan fingerprint density at radius 3 is 2.17 bits per heavy atom. The van der Waals surface area contributed by atoms with Gasteiger partial charge in [-0.25, -0.2) is 8.42 Å². The fraction of sp³-hybridized carbons (Fsp3) is 0.333. The van der Waals surface area contributed by atoms with Crippen LogP contribution in [-0.4, -0.2) is 51.4 Å². The topological polar surface area (TPSA) is 96.0 Å². The van der Waals surface area contributed by atoms with E-state index in [9.17, 15) is 18.0 Å². The Hall–Kier alpha value is -3.27. The number of sulfonamides is 1. The maximum atomic E-state index is 14.2. The predicted molar refractivity (Wildman–Crippen MR) is 163 cm³/mol. The second kappa shape index (κ2) is 14.6. The van der Waals surface area contributed by atoms with Crippen LogP contribution >= 0.6 is 23.2 Å². The van der Waals surface area contributed by atoms with E-state index in [1.54, 1.807) is 61.5 Å². The number of amides is 2. The molecule has 0 spiro atoms. The van der Waals surface area contributed by atoms with Crippen molar-refractivity contribution in [2.24, 2.45) is 0 Å². The highest BCUT2D eigenvalue weighted by Gasteiger charge is 2.35. The van der Waals surface area contributed by atoms with E-state index in [1.165, 1.54) is 24.1 Å². The number of nitrogens with one attached hydrogen (secondary N) is 1. The summed E-state index contributed by atoms with van der Waals surface area (Å²) in [5, 5.41) is 3.50. The zero-order valence-electron chi connectivity index (χ0n) is 23.6. The van der Waals surface area contributed by atoms with Gasteiger partial charge < -0.3 is 15.0 Å². The number of rotatable bonds is 13. The number of ether oxygens (including phenoxy) is 1. The Bertz CT molecular complexity index is 1440. The Morgan fingerprint density at radius 2 is 1.59 bits per heavy atom. The van der Waals surface area contributed by atoms with Gasteiger partial charge in [0.2, 0.25) is 11.8 Å². The Morgan fingerprint density at radius 1 is 0.951 bits per heavy atom. The van der Waals surface area contributed by atoms with Crippen LogP contribution in [0, 0.1) is 6.92 Å². The molecule has 0 fully saturated rings. The van der Waals surface area contributed by atoms with Crippen molar-refractivity contribution < 1.29 is 22.7 Å². The minimum absolute atomic E-state index is 0.00948. The van der Waals surface area contributed by atoms with Gasteiger partial charge in [-0.1, -0.05) is 72.9 Å². The summed E-state index contributed by atoms with van der Waals surface area (Å²) in [7, 11) is -2.81. The van der Waals surface area contributed by atoms with Crippen molar-refractivity contribution in [3.8, 4) is 5.75 Å². The number of carbonyl (C=O) groups is 2. The van der Waals surface area contributed by atoms with Gasteiger partial charge in [-0.05, 0) is 56.2 Å². The van der Waals surface area contributed by atoms with E-state index in [1.807, 2.05) is 13.8 Å². The van der Waals surface area contributed by atoms with Crippen LogP contribution in [0.15, 0.2) is 71.6 Å². The van der Waals surface area contributed by atoms with Gasteiger partial charge in [0.1, 0.15) is 18.3 Å². The molecule has 220 valence electrons. The van der Waals surface area contributed by atoms with E-state index in [2.05, 4.69) is 5.32 Å². The largest absolute Gasteiger partial charge is 0.495 e. The Labute approximate surface area is 252 Å². The number of benzene rings is 3. The molecule has 0 radical (unpaired) electrons. The summed E-state index contributed by atoms with van der Waals surface area (Å²) in [5.41, 5.74) is 1.52. The maximum absolute atomic E-state index is 14.2. The number of methoxy groups -OCH3 is 1. The first kappa shape index (κ1) is 32.2. The minimum atomic E-state index is -4.23. The summed E-state index contributed by atoms with van der Waals surface area (Å²) in [6, 6.07) is 17.0. The Balaban J connectivity index is 2.13. The van der Waals surface area contributed by atoms with Crippen LogP contribution in [0.2, 0.25) is 10.0 Å². The molecule has 1 N–H and O–H groups in total. The van der Waals surface area contributed by atoms with Gasteiger partial charge in [-0.3, -0.25) is 13.9 Å². The molecule has 41 heavy (non-hydrogen) atoms. The second-order valence-electron chi connectivity index (χ2n) is 9.43. The second-order valence-corrected chi connectivity index (χ2v) is 12.1. The van der Waals surface area contributed by atoms with E-state index in [-0.39, 0.29) is 35.2 Å². The lowest BCUT2D eigenvalue weighted by atomic mass is 10.1. The van der Waals surface area contributed by atoms with Crippen LogP contribution in [0.3, 0.4) is 0 Å². The van der Waals surface area contributed by atoms with E-state index in [0.29, 0.717) is 28.6 Å². The smallest absolute Gasteiger partial charge is 0.264 e. The number of hydrogen-bond donors (Lipinski definition) is 1. The molecule has 11 heteroatoms. The molecule has 0 bridgehead atoms. The molecule has 0 aliphatic heterocycles. The number of anilines is 1. The average Bonchev–Trinajstić information content (AvgIpc) is 2.96. The van der Waals surface area contributed by atoms with Crippen molar-refractivity contribution >= 4 is 50.7 Å². The highest BCUT2D eigenvalue weighted by molar-refractivity contribution is 7.92. The minimum Gasteiger partial charge on any atom is -0.495 e. The molecule has 2 amide bonds. The summed E-state index contributed by atoms with van der Waals surface area (Å²) in [6.07, 6.45) is 0.992. The molecule has 3 rings (SSSR count). The van der Waals surface area contributed by atoms with Crippen molar-refractivity contribution in [3.05, 3.63) is 87.9 Å². The first-order valence-corrected chi connectivity index (χ1v) is 15.5. The number of hydrogen-bond acceptors (Lipinski definition) is 5. The fourth-order valence-electron chi connectivity index (χ4n) is 4.33. The molecule has 0 aliphatic carbocycles. The molecule has 3 aromatic rings. The van der Waals surface area contributed by atoms with Crippen LogP contribution in [0.25, 0.3) is 0 Å². The van der Waals surface area contributed by atoms with Crippen molar-refractivity contribution in [1.29, 1.82) is 0 Å². The van der Waals surface area contributed by atoms with Crippen molar-refractivity contribution in [2.45, 2.75) is 51.1 Å². The van der Waals surface area contributed by atoms with Gasteiger partial charge in [0.05, 0.1) is 17.7 Å². The van der Waals surface area contributed by atoms with Crippen LogP contribution in [-0.2, 0) is 26.2 Å². The number of aryl methyl sites for hydroxylation is 1. The van der Waals surface area contributed by atoms with E-state index >= 15 is 0 Å². The van der Waals surface area contributed by atoms with E-state index in [0.717, 1.165) is 9.87 Å². The monoisotopic (exact) mass is 619 g/mol. The van der Waals surface area contributed by atoms with Gasteiger partial charge in [-0.15, -0.1) is 0 Å². The molecule has 0 saturated carbocycles. The van der Waals surface area contributed by atoms with Gasteiger partial charge in [0.25, 0.3) is 10.0 Å². The number of para-hydroxylation sites is 2. The van der Waals surface area contributed by atoms with Gasteiger partial charge in [-0.2, -0.15) is 0 Å². The molecule has 1 atom stereocenters. The van der Waals surface area contributed by atoms with Crippen LogP contribution in [0.5, 0.6) is 5.75 Å². The molecular weight excluding hydrogens is 585 g/mol. The zero-order valence-corrected chi connectivity index (χ0v) is 25.9. The third-order valence-electron chi connectivity index (χ3n) is 6.57.